The number of nitrogens with zero attached hydrogens (tertiary/aromatic N) is 3. The average molecular weight is 474 g/mol. The molecule has 1 amide bonds. The highest BCUT2D eigenvalue weighted by Crippen LogP contribution is 2.30. The molecule has 8 heteroatoms. The number of H-pyrrole nitrogens is 1. The predicted octanol–water partition coefficient (Wildman–Crippen LogP) is 4.49. The number of hydrogen-bond donors (Lipinski definition) is 1. The number of oxime groups is 1. The van der Waals surface area contributed by atoms with Crippen LogP contribution in [0.5, 0.6) is 0 Å². The van der Waals surface area contributed by atoms with E-state index >= 15 is 0 Å². The fourth-order valence-corrected chi connectivity index (χ4v) is 4.08. The number of aromatic nitrogens is 1. The summed E-state index contributed by atoms with van der Waals surface area (Å²) in [6.07, 6.45) is 0.748. The maximum absolute atomic E-state index is 13.5. The second kappa shape index (κ2) is 9.14. The van der Waals surface area contributed by atoms with Crippen molar-refractivity contribution in [2.24, 2.45) is 5.16 Å². The van der Waals surface area contributed by atoms with E-state index in [4.69, 9.17) is 28.0 Å². The molecular formula is C24H27Cl2N4O2+. The number of amides is 1. The van der Waals surface area contributed by atoms with Crippen molar-refractivity contribution in [2.75, 3.05) is 40.8 Å². The molecule has 0 saturated heterocycles. The zero-order chi connectivity index (χ0) is 22.9. The normalized spacial score (nSPS) is 14.5. The first-order valence-corrected chi connectivity index (χ1v) is 11.3. The molecule has 32 heavy (non-hydrogen) atoms. The maximum Gasteiger partial charge on any atom is 0.276 e. The Labute approximate surface area is 197 Å². The van der Waals surface area contributed by atoms with Crippen LogP contribution in [0.1, 0.15) is 16.8 Å². The molecule has 1 aromatic heterocycles. The third-order valence-electron chi connectivity index (χ3n) is 5.55. The summed E-state index contributed by atoms with van der Waals surface area (Å²) < 4.78 is 0.749. The highest BCUT2D eigenvalue weighted by molar-refractivity contribution is 6.45. The number of benzene rings is 2. The lowest BCUT2D eigenvalue weighted by molar-refractivity contribution is -0.870. The average Bonchev–Trinajstić information content (AvgIpc) is 3.10. The Kier molecular flexibility index (Phi) is 6.47. The molecule has 0 bridgehead atoms. The molecule has 0 radical (unpaired) electrons. The van der Waals surface area contributed by atoms with E-state index in [1.165, 1.54) is 5.56 Å². The maximum atomic E-state index is 13.5. The predicted molar refractivity (Wildman–Crippen MR) is 129 cm³/mol. The minimum Gasteiger partial charge on any atom is -0.389 e. The van der Waals surface area contributed by atoms with Gasteiger partial charge < -0.3 is 19.2 Å². The van der Waals surface area contributed by atoms with Gasteiger partial charge in [0.1, 0.15) is 6.54 Å². The fourth-order valence-electron chi connectivity index (χ4n) is 3.78. The first-order valence-electron chi connectivity index (χ1n) is 10.6. The Bertz CT molecular complexity index is 1160. The molecule has 1 N–H and O–H groups in total. The van der Waals surface area contributed by atoms with Crippen molar-refractivity contribution >= 4 is 45.7 Å². The van der Waals surface area contributed by atoms with Crippen LogP contribution in [0, 0.1) is 0 Å². The molecule has 2 aromatic carbocycles. The molecule has 1 aliphatic heterocycles. The van der Waals surface area contributed by atoms with Gasteiger partial charge in [-0.1, -0.05) is 40.5 Å². The summed E-state index contributed by atoms with van der Waals surface area (Å²) in [5, 5.41) is 6.69. The Hall–Kier alpha value is -2.54. The van der Waals surface area contributed by atoms with E-state index < -0.39 is 0 Å². The molecule has 0 aliphatic carbocycles. The zero-order valence-electron chi connectivity index (χ0n) is 18.5. The van der Waals surface area contributed by atoms with E-state index in [1.54, 1.807) is 29.2 Å². The number of nitrogens with one attached hydrogen (secondary N) is 1. The number of aromatic amines is 1. The molecule has 0 saturated carbocycles. The molecule has 0 atom stereocenters. The van der Waals surface area contributed by atoms with Crippen LogP contribution in [0.3, 0.4) is 0 Å². The molecule has 1 aliphatic rings. The Morgan fingerprint density at radius 2 is 1.84 bits per heavy atom. The summed E-state index contributed by atoms with van der Waals surface area (Å²) >= 11 is 12.2. The molecular weight excluding hydrogens is 447 g/mol. The van der Waals surface area contributed by atoms with Crippen LogP contribution in [-0.4, -0.2) is 66.8 Å². The number of quaternary nitrogens is 1. The van der Waals surface area contributed by atoms with Crippen LogP contribution in [0.2, 0.25) is 10.0 Å². The van der Waals surface area contributed by atoms with Gasteiger partial charge in [0.05, 0.1) is 27.7 Å². The number of likely N-dealkylation sites (N-methyl/N-ethyl adjacent to an activating group) is 1. The first-order chi connectivity index (χ1) is 15.2. The number of carbonyl (C=O) groups is 1. The van der Waals surface area contributed by atoms with E-state index in [9.17, 15) is 4.79 Å². The number of hydrogen-bond acceptors (Lipinski definition) is 3. The molecule has 3 aromatic rings. The minimum absolute atomic E-state index is 0.167. The van der Waals surface area contributed by atoms with Crippen molar-refractivity contribution in [3.63, 3.8) is 0 Å². The molecule has 2 heterocycles. The van der Waals surface area contributed by atoms with Crippen LogP contribution in [0.15, 0.2) is 47.6 Å². The number of fused-ring (bicyclic) bond motifs is 3. The van der Waals surface area contributed by atoms with Gasteiger partial charge in [-0.25, -0.2) is 0 Å². The van der Waals surface area contributed by atoms with Gasteiger partial charge in [-0.2, -0.15) is 0 Å². The van der Waals surface area contributed by atoms with Gasteiger partial charge in [-0.15, -0.1) is 0 Å². The fraction of sp³-hybridized carbons (Fsp3) is 0.333. The summed E-state index contributed by atoms with van der Waals surface area (Å²) in [6.45, 7) is 2.26. The summed E-state index contributed by atoms with van der Waals surface area (Å²) in [4.78, 5) is 24.3. The van der Waals surface area contributed by atoms with Crippen molar-refractivity contribution in [3.05, 3.63) is 69.3 Å². The van der Waals surface area contributed by atoms with Crippen molar-refractivity contribution in [1.29, 1.82) is 0 Å². The molecule has 0 unspecified atom stereocenters. The third kappa shape index (κ3) is 5.09. The lowest BCUT2D eigenvalue weighted by Crippen LogP contribution is -2.41. The zero-order valence-corrected chi connectivity index (χ0v) is 20.0. The molecule has 0 fully saturated rings. The largest absolute Gasteiger partial charge is 0.389 e. The third-order valence-corrected chi connectivity index (χ3v) is 6.04. The van der Waals surface area contributed by atoms with E-state index in [2.05, 4.69) is 31.3 Å². The van der Waals surface area contributed by atoms with Gasteiger partial charge in [0.25, 0.3) is 5.91 Å². The molecule has 6 nitrogen and oxygen atoms in total. The van der Waals surface area contributed by atoms with E-state index in [0.717, 1.165) is 34.0 Å². The van der Waals surface area contributed by atoms with Crippen LogP contribution in [-0.2, 0) is 22.6 Å². The molecule has 168 valence electrons. The van der Waals surface area contributed by atoms with Crippen LogP contribution < -0.4 is 0 Å². The van der Waals surface area contributed by atoms with Crippen molar-refractivity contribution < 1.29 is 14.1 Å². The van der Waals surface area contributed by atoms with Crippen LogP contribution in [0.4, 0.5) is 0 Å². The Morgan fingerprint density at radius 3 is 2.56 bits per heavy atom. The lowest BCUT2D eigenvalue weighted by atomic mass is 10.0. The smallest absolute Gasteiger partial charge is 0.276 e. The Balaban J connectivity index is 1.58. The monoisotopic (exact) mass is 473 g/mol. The van der Waals surface area contributed by atoms with Gasteiger partial charge in [-0.05, 0) is 42.3 Å². The summed E-state index contributed by atoms with van der Waals surface area (Å²) in [5.41, 5.74) is 4.24. The quantitative estimate of drug-likeness (QED) is 0.248. The number of halogens is 2. The van der Waals surface area contributed by atoms with Crippen molar-refractivity contribution in [3.8, 4) is 0 Å². The minimum atomic E-state index is -0.167. The van der Waals surface area contributed by atoms with Gasteiger partial charge in [0.2, 0.25) is 0 Å². The van der Waals surface area contributed by atoms with Gasteiger partial charge in [0, 0.05) is 38.8 Å². The number of carbonyl (C=O) groups excluding carboxylic acids is 1. The SMILES string of the molecule is C[N+](C)(C)CCO/N=C(/C(=O)N1CCc2c([nH]c3ccc(Cl)cc23)C1)c1ccc(Cl)cc1. The highest BCUT2D eigenvalue weighted by Gasteiger charge is 2.28. The van der Waals surface area contributed by atoms with Crippen molar-refractivity contribution in [2.45, 2.75) is 13.0 Å². The summed E-state index contributed by atoms with van der Waals surface area (Å²) in [5.74, 6) is -0.167. The first kappa shape index (κ1) is 22.6. The topological polar surface area (TPSA) is 57.7 Å². The van der Waals surface area contributed by atoms with E-state index in [1.807, 2.05) is 18.2 Å². The summed E-state index contributed by atoms with van der Waals surface area (Å²) in [6, 6.07) is 12.9. The van der Waals surface area contributed by atoms with E-state index in [0.29, 0.717) is 35.3 Å². The van der Waals surface area contributed by atoms with Gasteiger partial charge in [0.15, 0.2) is 12.3 Å². The van der Waals surface area contributed by atoms with Crippen LogP contribution in [0.25, 0.3) is 10.9 Å². The second-order valence-electron chi connectivity index (χ2n) is 9.04. The standard InChI is InChI=1S/C24H27Cl2N4O2/c1-30(2,3)12-13-32-28-23(16-4-6-17(25)7-5-16)24(31)29-11-10-19-20-14-18(26)8-9-21(20)27-22(19)15-29/h4-9,14,27H,10-13,15H2,1-3H3/q+1/b28-23+. The van der Waals surface area contributed by atoms with E-state index in [-0.39, 0.29) is 11.6 Å². The van der Waals surface area contributed by atoms with Gasteiger partial charge >= 0.3 is 0 Å². The second-order valence-corrected chi connectivity index (χ2v) is 9.92. The molecule has 4 rings (SSSR count). The number of rotatable bonds is 6. The van der Waals surface area contributed by atoms with Gasteiger partial charge in [-0.3, -0.25) is 4.79 Å². The van der Waals surface area contributed by atoms with Crippen molar-refractivity contribution in [1.82, 2.24) is 9.88 Å². The van der Waals surface area contributed by atoms with Crippen LogP contribution >= 0.6 is 23.2 Å². The lowest BCUT2D eigenvalue weighted by Gasteiger charge is -2.27. The highest BCUT2D eigenvalue weighted by atomic mass is 35.5. The molecule has 0 spiro atoms. The Morgan fingerprint density at radius 1 is 1.12 bits per heavy atom. The summed E-state index contributed by atoms with van der Waals surface area (Å²) in [7, 11) is 6.24.